The van der Waals surface area contributed by atoms with Crippen molar-refractivity contribution in [3.05, 3.63) is 23.8 Å². The van der Waals surface area contributed by atoms with Crippen molar-refractivity contribution in [1.29, 1.82) is 0 Å². The number of carbonyl (C=O) groups is 1. The Labute approximate surface area is 168 Å². The molecule has 3 rings (SSSR count). The minimum atomic E-state index is -0.123. The summed E-state index contributed by atoms with van der Waals surface area (Å²) in [5.41, 5.74) is 0. The van der Waals surface area contributed by atoms with Crippen LogP contribution in [0.4, 0.5) is 0 Å². The van der Waals surface area contributed by atoms with Gasteiger partial charge < -0.3 is 14.6 Å². The molecular weight excluding hydrogens is 354 g/mol. The van der Waals surface area contributed by atoms with Gasteiger partial charge >= 0.3 is 0 Å². The van der Waals surface area contributed by atoms with Crippen LogP contribution < -0.4 is 5.32 Å². The Hall–Kier alpha value is -1.73. The van der Waals surface area contributed by atoms with Crippen molar-refractivity contribution in [3.8, 4) is 0 Å². The van der Waals surface area contributed by atoms with Crippen LogP contribution in [0.1, 0.15) is 51.8 Å². The van der Waals surface area contributed by atoms with Gasteiger partial charge in [0.15, 0.2) is 5.82 Å². The molecule has 1 aromatic rings. The number of nitrogens with one attached hydrogen (secondary N) is 1. The standard InChI is InChI=1S/C21H35N5O2/c1-15(2)6-5-9-25-10-7-18-23-24-20(26(18)12-11-25)19(16(3)4)22-21(27)17-8-13-28-14-17/h5-6,15-17,19H,7-14H2,1-4H3,(H,22,27)/b6-5+. The van der Waals surface area contributed by atoms with Crippen LogP contribution in [0, 0.1) is 17.8 Å². The first-order valence-corrected chi connectivity index (χ1v) is 10.6. The van der Waals surface area contributed by atoms with Crippen molar-refractivity contribution in [3.63, 3.8) is 0 Å². The number of hydrogen-bond donors (Lipinski definition) is 1. The van der Waals surface area contributed by atoms with E-state index in [9.17, 15) is 4.79 Å². The van der Waals surface area contributed by atoms with E-state index in [1.165, 1.54) is 0 Å². The number of fused-ring (bicyclic) bond motifs is 1. The van der Waals surface area contributed by atoms with E-state index in [0.29, 0.717) is 19.1 Å². The number of amides is 1. The molecule has 1 amide bonds. The van der Waals surface area contributed by atoms with Crippen LogP contribution in [-0.4, -0.2) is 58.4 Å². The summed E-state index contributed by atoms with van der Waals surface area (Å²) < 4.78 is 7.60. The van der Waals surface area contributed by atoms with Crippen molar-refractivity contribution >= 4 is 5.91 Å². The summed E-state index contributed by atoms with van der Waals surface area (Å²) in [5, 5.41) is 12.2. The van der Waals surface area contributed by atoms with E-state index in [-0.39, 0.29) is 23.8 Å². The highest BCUT2D eigenvalue weighted by molar-refractivity contribution is 5.79. The number of nitrogens with zero attached hydrogens (tertiary/aromatic N) is 4. The van der Waals surface area contributed by atoms with E-state index in [1.54, 1.807) is 0 Å². The molecule has 0 saturated carbocycles. The molecule has 1 N–H and O–H groups in total. The maximum atomic E-state index is 12.7. The second-order valence-corrected chi connectivity index (χ2v) is 8.64. The van der Waals surface area contributed by atoms with Crippen LogP contribution in [0.15, 0.2) is 12.2 Å². The predicted molar refractivity (Wildman–Crippen MR) is 109 cm³/mol. The lowest BCUT2D eigenvalue weighted by Gasteiger charge is -2.24. The Bertz CT molecular complexity index is 676. The molecule has 7 nitrogen and oxygen atoms in total. The molecule has 2 atom stereocenters. The first-order chi connectivity index (χ1) is 13.5. The van der Waals surface area contributed by atoms with Crippen molar-refractivity contribution in [2.45, 2.75) is 53.1 Å². The predicted octanol–water partition coefficient (Wildman–Crippen LogP) is 2.20. The molecule has 0 bridgehead atoms. The van der Waals surface area contributed by atoms with Crippen molar-refractivity contribution in [2.24, 2.45) is 17.8 Å². The maximum absolute atomic E-state index is 12.7. The second-order valence-electron chi connectivity index (χ2n) is 8.64. The summed E-state index contributed by atoms with van der Waals surface area (Å²) in [7, 11) is 0. The van der Waals surface area contributed by atoms with Gasteiger partial charge in [0.2, 0.25) is 5.91 Å². The lowest BCUT2D eigenvalue weighted by atomic mass is 10.0. The van der Waals surface area contributed by atoms with E-state index in [4.69, 9.17) is 4.74 Å². The first-order valence-electron chi connectivity index (χ1n) is 10.6. The van der Waals surface area contributed by atoms with Crippen molar-refractivity contribution < 1.29 is 9.53 Å². The average molecular weight is 390 g/mol. The highest BCUT2D eigenvalue weighted by atomic mass is 16.5. The molecule has 2 aliphatic rings. The summed E-state index contributed by atoms with van der Waals surface area (Å²) in [4.78, 5) is 15.1. The van der Waals surface area contributed by atoms with Gasteiger partial charge in [-0.05, 0) is 18.3 Å². The third-order valence-corrected chi connectivity index (χ3v) is 5.58. The molecule has 0 radical (unpaired) electrons. The summed E-state index contributed by atoms with van der Waals surface area (Å²) in [6.07, 6.45) is 6.21. The number of ether oxygens (including phenoxy) is 1. The Kier molecular flexibility index (Phi) is 7.24. The highest BCUT2D eigenvalue weighted by Crippen LogP contribution is 2.24. The van der Waals surface area contributed by atoms with E-state index in [0.717, 1.165) is 50.7 Å². The molecule has 0 aromatic carbocycles. The van der Waals surface area contributed by atoms with Crippen LogP contribution in [-0.2, 0) is 22.5 Å². The fourth-order valence-electron chi connectivity index (χ4n) is 3.83. The Morgan fingerprint density at radius 1 is 1.25 bits per heavy atom. The zero-order valence-electron chi connectivity index (χ0n) is 17.7. The minimum absolute atomic E-state index is 0.0454. The van der Waals surface area contributed by atoms with Gasteiger partial charge in [0.25, 0.3) is 0 Å². The normalized spacial score (nSPS) is 22.0. The number of hydrogen-bond acceptors (Lipinski definition) is 5. The van der Waals surface area contributed by atoms with Crippen LogP contribution in [0.25, 0.3) is 0 Å². The lowest BCUT2D eigenvalue weighted by molar-refractivity contribution is -0.126. The zero-order chi connectivity index (χ0) is 20.1. The summed E-state index contributed by atoms with van der Waals surface area (Å²) in [5.74, 6) is 2.76. The van der Waals surface area contributed by atoms with Crippen molar-refractivity contribution in [2.75, 3.05) is 32.8 Å². The number of aromatic nitrogens is 3. The van der Waals surface area contributed by atoms with Crippen LogP contribution >= 0.6 is 0 Å². The van der Waals surface area contributed by atoms with E-state index in [2.05, 4.69) is 64.8 Å². The molecule has 2 unspecified atom stereocenters. The third kappa shape index (κ3) is 5.20. The number of allylic oxidation sites excluding steroid dienone is 1. The van der Waals surface area contributed by atoms with Crippen LogP contribution in [0.5, 0.6) is 0 Å². The summed E-state index contributed by atoms with van der Waals surface area (Å²) in [6, 6.07) is -0.123. The molecular formula is C21H35N5O2. The number of rotatable bonds is 7. The largest absolute Gasteiger partial charge is 0.381 e. The molecule has 0 aliphatic carbocycles. The minimum Gasteiger partial charge on any atom is -0.381 e. The Balaban J connectivity index is 1.68. The van der Waals surface area contributed by atoms with Crippen molar-refractivity contribution in [1.82, 2.24) is 25.0 Å². The molecule has 2 aliphatic heterocycles. The summed E-state index contributed by atoms with van der Waals surface area (Å²) in [6.45, 7) is 13.6. The van der Waals surface area contributed by atoms with Crippen LogP contribution in [0.2, 0.25) is 0 Å². The quantitative estimate of drug-likeness (QED) is 0.724. The number of carbonyl (C=O) groups excluding carboxylic acids is 1. The SMILES string of the molecule is CC(C)/C=C/CN1CCc2nnc(C(NC(=O)C3CCOC3)C(C)C)n2CC1. The van der Waals surface area contributed by atoms with Gasteiger partial charge in [-0.25, -0.2) is 0 Å². The maximum Gasteiger partial charge on any atom is 0.226 e. The van der Waals surface area contributed by atoms with E-state index < -0.39 is 0 Å². The molecule has 156 valence electrons. The third-order valence-electron chi connectivity index (χ3n) is 5.58. The molecule has 1 saturated heterocycles. The topological polar surface area (TPSA) is 72.3 Å². The van der Waals surface area contributed by atoms with Crippen LogP contribution in [0.3, 0.4) is 0 Å². The molecule has 0 spiro atoms. The molecule has 28 heavy (non-hydrogen) atoms. The molecule has 1 aromatic heterocycles. The van der Waals surface area contributed by atoms with Gasteiger partial charge in [-0.2, -0.15) is 0 Å². The molecule has 7 heteroatoms. The average Bonchev–Trinajstić information content (AvgIpc) is 3.27. The molecule has 1 fully saturated rings. The smallest absolute Gasteiger partial charge is 0.226 e. The Morgan fingerprint density at radius 2 is 2.07 bits per heavy atom. The highest BCUT2D eigenvalue weighted by Gasteiger charge is 2.31. The zero-order valence-corrected chi connectivity index (χ0v) is 17.7. The van der Waals surface area contributed by atoms with Gasteiger partial charge in [-0.15, -0.1) is 10.2 Å². The molecule has 3 heterocycles. The fourth-order valence-corrected chi connectivity index (χ4v) is 3.83. The summed E-state index contributed by atoms with van der Waals surface area (Å²) >= 11 is 0. The fraction of sp³-hybridized carbons (Fsp3) is 0.762. The van der Waals surface area contributed by atoms with E-state index >= 15 is 0 Å². The Morgan fingerprint density at radius 3 is 2.75 bits per heavy atom. The van der Waals surface area contributed by atoms with Gasteiger partial charge in [-0.3, -0.25) is 9.69 Å². The van der Waals surface area contributed by atoms with Gasteiger partial charge in [0.05, 0.1) is 18.6 Å². The van der Waals surface area contributed by atoms with E-state index in [1.807, 2.05) is 0 Å². The lowest BCUT2D eigenvalue weighted by Crippen LogP contribution is -2.38. The first kappa shape index (κ1) is 21.0. The van der Waals surface area contributed by atoms with Gasteiger partial charge in [0.1, 0.15) is 5.82 Å². The second kappa shape index (κ2) is 9.65. The van der Waals surface area contributed by atoms with Gasteiger partial charge in [0, 0.05) is 39.2 Å². The van der Waals surface area contributed by atoms with Gasteiger partial charge in [-0.1, -0.05) is 39.8 Å². The monoisotopic (exact) mass is 389 g/mol.